The van der Waals surface area contributed by atoms with E-state index in [-0.39, 0.29) is 11.9 Å². The summed E-state index contributed by atoms with van der Waals surface area (Å²) >= 11 is 0. The van der Waals surface area contributed by atoms with E-state index in [1.165, 1.54) is 6.07 Å². The maximum Gasteiger partial charge on any atom is 0.389 e. The molecular formula is C11H12N4O2. The van der Waals surface area contributed by atoms with Gasteiger partial charge in [0.1, 0.15) is 0 Å². The van der Waals surface area contributed by atoms with E-state index in [1.54, 1.807) is 23.3 Å². The first-order valence-electron chi connectivity index (χ1n) is 5.32. The highest BCUT2D eigenvalue weighted by Gasteiger charge is 2.18. The van der Waals surface area contributed by atoms with Crippen LogP contribution >= 0.6 is 0 Å². The van der Waals surface area contributed by atoms with Crippen LogP contribution in [0.25, 0.3) is 0 Å². The fourth-order valence-electron chi connectivity index (χ4n) is 1.76. The van der Waals surface area contributed by atoms with Crippen LogP contribution in [-0.2, 0) is 0 Å². The number of hydrogen-bond donors (Lipinski definition) is 0. The van der Waals surface area contributed by atoms with Gasteiger partial charge < -0.3 is 10.1 Å². The van der Waals surface area contributed by atoms with E-state index in [0.717, 1.165) is 12.0 Å². The van der Waals surface area contributed by atoms with Gasteiger partial charge in [-0.2, -0.15) is 4.68 Å². The number of rotatable bonds is 4. The monoisotopic (exact) mass is 232 g/mol. The van der Waals surface area contributed by atoms with Crippen molar-refractivity contribution in [2.24, 2.45) is 0 Å². The molecule has 0 radical (unpaired) electrons. The molecule has 2 rings (SSSR count). The van der Waals surface area contributed by atoms with Crippen molar-refractivity contribution in [1.82, 2.24) is 14.8 Å². The minimum atomic E-state index is -0.490. The molecule has 0 bridgehead atoms. The van der Waals surface area contributed by atoms with Crippen molar-refractivity contribution < 1.29 is 4.92 Å². The van der Waals surface area contributed by atoms with Crippen molar-refractivity contribution in [2.45, 2.75) is 19.4 Å². The molecule has 2 aromatic rings. The van der Waals surface area contributed by atoms with Crippen LogP contribution in [0.15, 0.2) is 36.8 Å². The van der Waals surface area contributed by atoms with E-state index < -0.39 is 4.92 Å². The van der Waals surface area contributed by atoms with Gasteiger partial charge in [-0.05, 0) is 29.0 Å². The lowest BCUT2D eigenvalue weighted by Gasteiger charge is -2.11. The maximum atomic E-state index is 10.6. The molecular weight excluding hydrogens is 220 g/mol. The molecule has 17 heavy (non-hydrogen) atoms. The number of nitro groups is 1. The van der Waals surface area contributed by atoms with Crippen LogP contribution in [0.4, 0.5) is 5.82 Å². The Labute approximate surface area is 98.1 Å². The third-order valence-electron chi connectivity index (χ3n) is 2.58. The van der Waals surface area contributed by atoms with Crippen LogP contribution in [0.1, 0.15) is 24.9 Å². The standard InChI is InChI=1S/C11H12N4O2/c1-2-10(9-3-6-12-7-4-9)14-8-5-11(13-14)15(16)17/h3-8,10H,2H2,1H3. The average molecular weight is 232 g/mol. The molecule has 0 aliphatic rings. The molecule has 0 aliphatic carbocycles. The van der Waals surface area contributed by atoms with Crippen molar-refractivity contribution >= 4 is 5.82 Å². The normalized spacial score (nSPS) is 12.3. The van der Waals surface area contributed by atoms with Crippen LogP contribution in [-0.4, -0.2) is 19.7 Å². The van der Waals surface area contributed by atoms with Crippen molar-refractivity contribution in [2.75, 3.05) is 0 Å². The fraction of sp³-hybridized carbons (Fsp3) is 0.273. The van der Waals surface area contributed by atoms with Gasteiger partial charge in [-0.15, -0.1) is 0 Å². The molecule has 6 nitrogen and oxygen atoms in total. The lowest BCUT2D eigenvalue weighted by atomic mass is 10.1. The second-order valence-corrected chi connectivity index (χ2v) is 3.62. The van der Waals surface area contributed by atoms with E-state index in [0.29, 0.717) is 0 Å². The zero-order chi connectivity index (χ0) is 12.3. The third-order valence-corrected chi connectivity index (χ3v) is 2.58. The molecule has 0 aromatic carbocycles. The first kappa shape index (κ1) is 11.3. The van der Waals surface area contributed by atoms with Gasteiger partial charge in [-0.3, -0.25) is 4.98 Å². The first-order chi connectivity index (χ1) is 8.22. The zero-order valence-corrected chi connectivity index (χ0v) is 9.35. The van der Waals surface area contributed by atoms with Crippen LogP contribution in [0.3, 0.4) is 0 Å². The van der Waals surface area contributed by atoms with Gasteiger partial charge in [0.2, 0.25) is 0 Å². The zero-order valence-electron chi connectivity index (χ0n) is 9.35. The highest BCUT2D eigenvalue weighted by molar-refractivity contribution is 5.19. The topological polar surface area (TPSA) is 73.8 Å². The van der Waals surface area contributed by atoms with Crippen molar-refractivity contribution in [3.05, 3.63) is 52.5 Å². The summed E-state index contributed by atoms with van der Waals surface area (Å²) in [5.41, 5.74) is 1.04. The van der Waals surface area contributed by atoms with E-state index >= 15 is 0 Å². The lowest BCUT2D eigenvalue weighted by molar-refractivity contribution is -0.389. The second-order valence-electron chi connectivity index (χ2n) is 3.62. The van der Waals surface area contributed by atoms with Gasteiger partial charge in [0.05, 0.1) is 23.4 Å². The number of pyridine rings is 1. The molecule has 2 aromatic heterocycles. The molecule has 0 fully saturated rings. The van der Waals surface area contributed by atoms with Crippen LogP contribution in [0, 0.1) is 10.1 Å². The molecule has 88 valence electrons. The van der Waals surface area contributed by atoms with Gasteiger partial charge in [0.15, 0.2) is 0 Å². The molecule has 1 atom stereocenters. The second kappa shape index (κ2) is 4.73. The van der Waals surface area contributed by atoms with Crippen LogP contribution in [0.2, 0.25) is 0 Å². The van der Waals surface area contributed by atoms with Gasteiger partial charge >= 0.3 is 5.82 Å². The summed E-state index contributed by atoms with van der Waals surface area (Å²) < 4.78 is 1.62. The van der Waals surface area contributed by atoms with E-state index in [2.05, 4.69) is 10.1 Å². The lowest BCUT2D eigenvalue weighted by Crippen LogP contribution is -2.10. The number of hydrogen-bond acceptors (Lipinski definition) is 4. The van der Waals surface area contributed by atoms with Crippen molar-refractivity contribution in [3.8, 4) is 0 Å². The Morgan fingerprint density at radius 3 is 2.65 bits per heavy atom. The predicted octanol–water partition coefficient (Wildman–Crippen LogP) is 2.19. The number of aromatic nitrogens is 3. The minimum absolute atomic E-state index is 0.00620. The first-order valence-corrected chi connectivity index (χ1v) is 5.32. The van der Waals surface area contributed by atoms with Gasteiger partial charge in [0, 0.05) is 12.4 Å². The summed E-state index contributed by atoms with van der Waals surface area (Å²) in [4.78, 5) is 14.0. The van der Waals surface area contributed by atoms with Crippen molar-refractivity contribution in [3.63, 3.8) is 0 Å². The minimum Gasteiger partial charge on any atom is -0.358 e. The molecule has 0 amide bonds. The summed E-state index contributed by atoms with van der Waals surface area (Å²) in [6, 6.07) is 5.19. The summed E-state index contributed by atoms with van der Waals surface area (Å²) in [7, 11) is 0. The molecule has 0 saturated heterocycles. The third kappa shape index (κ3) is 2.30. The quantitative estimate of drug-likeness (QED) is 0.598. The van der Waals surface area contributed by atoms with Crippen molar-refractivity contribution in [1.29, 1.82) is 0 Å². The smallest absolute Gasteiger partial charge is 0.358 e. The molecule has 1 unspecified atom stereocenters. The summed E-state index contributed by atoms with van der Waals surface area (Å²) in [6.45, 7) is 2.01. The Hall–Kier alpha value is -2.24. The molecule has 0 aliphatic heterocycles. The Kier molecular flexibility index (Phi) is 3.13. The van der Waals surface area contributed by atoms with E-state index in [4.69, 9.17) is 0 Å². The fourth-order valence-corrected chi connectivity index (χ4v) is 1.76. The van der Waals surface area contributed by atoms with Crippen LogP contribution in [0.5, 0.6) is 0 Å². The highest BCUT2D eigenvalue weighted by Crippen LogP contribution is 2.21. The molecule has 0 saturated carbocycles. The Balaban J connectivity index is 2.32. The van der Waals surface area contributed by atoms with Gasteiger partial charge in [-0.25, -0.2) is 0 Å². The Morgan fingerprint density at radius 1 is 1.41 bits per heavy atom. The largest absolute Gasteiger partial charge is 0.389 e. The SMILES string of the molecule is CCC(c1ccncc1)n1ccc([N+](=O)[O-])n1. The van der Waals surface area contributed by atoms with Crippen LogP contribution < -0.4 is 0 Å². The van der Waals surface area contributed by atoms with E-state index in [1.807, 2.05) is 19.1 Å². The average Bonchev–Trinajstić information content (AvgIpc) is 2.81. The van der Waals surface area contributed by atoms with Gasteiger partial charge in [0.25, 0.3) is 0 Å². The maximum absolute atomic E-state index is 10.6. The van der Waals surface area contributed by atoms with E-state index in [9.17, 15) is 10.1 Å². The number of nitrogens with zero attached hydrogens (tertiary/aromatic N) is 4. The summed E-state index contributed by atoms with van der Waals surface area (Å²) in [5.74, 6) is -0.127. The highest BCUT2D eigenvalue weighted by atomic mass is 16.6. The Bertz CT molecular complexity index is 509. The van der Waals surface area contributed by atoms with Gasteiger partial charge in [-0.1, -0.05) is 6.92 Å². The molecule has 2 heterocycles. The predicted molar refractivity (Wildman–Crippen MR) is 61.5 cm³/mol. The Morgan fingerprint density at radius 2 is 2.12 bits per heavy atom. The molecule has 0 spiro atoms. The summed E-state index contributed by atoms with van der Waals surface area (Å²) in [5, 5.41) is 14.5. The molecule has 0 N–H and O–H groups in total. The molecule has 6 heteroatoms. The summed E-state index contributed by atoms with van der Waals surface area (Å²) in [6.07, 6.45) is 5.85.